The Morgan fingerprint density at radius 2 is 2.11 bits per heavy atom. The molecular formula is C13H15NO4S. The SMILES string of the molecule is COc1ccccc1C(=O)N1C(C)SCC1C(=O)O. The number of ether oxygens (including phenoxy) is 1. The van der Waals surface area contributed by atoms with Crippen LogP contribution in [-0.4, -0.2) is 46.2 Å². The first-order valence-corrected chi connectivity index (χ1v) is 6.91. The average molecular weight is 281 g/mol. The predicted octanol–water partition coefficient (Wildman–Crippen LogP) is 1.68. The van der Waals surface area contributed by atoms with Crippen molar-refractivity contribution < 1.29 is 19.4 Å². The maximum atomic E-state index is 12.5. The fourth-order valence-electron chi connectivity index (χ4n) is 2.10. The van der Waals surface area contributed by atoms with E-state index in [9.17, 15) is 14.7 Å². The summed E-state index contributed by atoms with van der Waals surface area (Å²) in [4.78, 5) is 25.1. The molecule has 6 heteroatoms. The van der Waals surface area contributed by atoms with Crippen molar-refractivity contribution in [3.05, 3.63) is 29.8 Å². The van der Waals surface area contributed by atoms with Gasteiger partial charge in [0, 0.05) is 5.75 Å². The second-order valence-corrected chi connectivity index (χ2v) is 5.55. The van der Waals surface area contributed by atoms with E-state index in [0.29, 0.717) is 17.1 Å². The van der Waals surface area contributed by atoms with Gasteiger partial charge in [0.2, 0.25) is 0 Å². The lowest BCUT2D eigenvalue weighted by atomic mass is 10.1. The average Bonchev–Trinajstić information content (AvgIpc) is 2.80. The molecule has 2 atom stereocenters. The van der Waals surface area contributed by atoms with Crippen LogP contribution in [0.15, 0.2) is 24.3 Å². The number of carbonyl (C=O) groups excluding carboxylic acids is 1. The molecular weight excluding hydrogens is 266 g/mol. The number of methoxy groups -OCH3 is 1. The van der Waals surface area contributed by atoms with Crippen LogP contribution in [-0.2, 0) is 4.79 Å². The fourth-order valence-corrected chi connectivity index (χ4v) is 3.27. The Morgan fingerprint density at radius 3 is 2.74 bits per heavy atom. The smallest absolute Gasteiger partial charge is 0.327 e. The molecule has 5 nitrogen and oxygen atoms in total. The molecule has 0 bridgehead atoms. The molecule has 1 aromatic rings. The quantitative estimate of drug-likeness (QED) is 0.913. The zero-order chi connectivity index (χ0) is 14.0. The standard InChI is InChI=1S/C13H15NO4S/c1-8-14(10(7-19-8)13(16)17)12(15)9-5-3-4-6-11(9)18-2/h3-6,8,10H,7H2,1-2H3,(H,16,17). The third-order valence-electron chi connectivity index (χ3n) is 3.08. The molecule has 0 aromatic heterocycles. The van der Waals surface area contributed by atoms with Crippen LogP contribution in [0.4, 0.5) is 0 Å². The summed E-state index contributed by atoms with van der Waals surface area (Å²) in [7, 11) is 1.49. The number of hydrogen-bond donors (Lipinski definition) is 1. The number of aliphatic carboxylic acids is 1. The Bertz CT molecular complexity index is 505. The summed E-state index contributed by atoms with van der Waals surface area (Å²) in [5, 5.41) is 9.03. The van der Waals surface area contributed by atoms with Crippen molar-refractivity contribution in [2.24, 2.45) is 0 Å². The highest BCUT2D eigenvalue weighted by molar-refractivity contribution is 8.00. The number of amides is 1. The van der Waals surface area contributed by atoms with Crippen LogP contribution < -0.4 is 4.74 Å². The number of thioether (sulfide) groups is 1. The molecule has 102 valence electrons. The molecule has 1 heterocycles. The number of benzene rings is 1. The summed E-state index contributed by atoms with van der Waals surface area (Å²) in [5.74, 6) is -0.402. The van der Waals surface area contributed by atoms with Gasteiger partial charge in [0.15, 0.2) is 0 Å². The van der Waals surface area contributed by atoms with Crippen molar-refractivity contribution >= 4 is 23.6 Å². The van der Waals surface area contributed by atoms with E-state index in [4.69, 9.17) is 4.74 Å². The van der Waals surface area contributed by atoms with Crippen LogP contribution in [0, 0.1) is 0 Å². The van der Waals surface area contributed by atoms with Crippen molar-refractivity contribution in [2.45, 2.75) is 18.3 Å². The summed E-state index contributed by atoms with van der Waals surface area (Å²) >= 11 is 1.46. The summed E-state index contributed by atoms with van der Waals surface area (Å²) in [5.41, 5.74) is 0.394. The number of carbonyl (C=O) groups is 2. The molecule has 1 aliphatic rings. The molecule has 2 rings (SSSR count). The van der Waals surface area contributed by atoms with Gasteiger partial charge >= 0.3 is 5.97 Å². The zero-order valence-corrected chi connectivity index (χ0v) is 11.5. The summed E-state index contributed by atoms with van der Waals surface area (Å²) in [6.07, 6.45) is 0. The van der Waals surface area contributed by atoms with E-state index >= 15 is 0 Å². The molecule has 1 N–H and O–H groups in total. The van der Waals surface area contributed by atoms with E-state index in [2.05, 4.69) is 0 Å². The van der Waals surface area contributed by atoms with Crippen molar-refractivity contribution in [2.75, 3.05) is 12.9 Å². The molecule has 1 saturated heterocycles. The van der Waals surface area contributed by atoms with E-state index < -0.39 is 12.0 Å². The summed E-state index contributed by atoms with van der Waals surface area (Å²) in [6.45, 7) is 1.83. The highest BCUT2D eigenvalue weighted by atomic mass is 32.2. The van der Waals surface area contributed by atoms with Gasteiger partial charge in [-0.05, 0) is 19.1 Å². The van der Waals surface area contributed by atoms with Crippen molar-refractivity contribution in [1.29, 1.82) is 0 Å². The molecule has 1 aromatic carbocycles. The molecule has 0 spiro atoms. The molecule has 0 aliphatic carbocycles. The third kappa shape index (κ3) is 2.53. The van der Waals surface area contributed by atoms with Crippen LogP contribution in [0.25, 0.3) is 0 Å². The largest absolute Gasteiger partial charge is 0.496 e. The third-order valence-corrected chi connectivity index (χ3v) is 4.30. The number of para-hydroxylation sites is 1. The lowest BCUT2D eigenvalue weighted by molar-refractivity contribution is -0.141. The highest BCUT2D eigenvalue weighted by Gasteiger charge is 2.40. The fraction of sp³-hybridized carbons (Fsp3) is 0.385. The normalized spacial score (nSPS) is 22.3. The van der Waals surface area contributed by atoms with Gasteiger partial charge in [-0.3, -0.25) is 4.79 Å². The van der Waals surface area contributed by atoms with Gasteiger partial charge in [0.05, 0.1) is 18.0 Å². The molecule has 1 amide bonds. The number of rotatable bonds is 3. The minimum atomic E-state index is -0.972. The maximum absolute atomic E-state index is 12.5. The van der Waals surface area contributed by atoms with E-state index in [1.807, 2.05) is 6.92 Å². The molecule has 0 radical (unpaired) electrons. The molecule has 19 heavy (non-hydrogen) atoms. The van der Waals surface area contributed by atoms with E-state index in [-0.39, 0.29) is 11.3 Å². The van der Waals surface area contributed by atoms with Gasteiger partial charge in [0.25, 0.3) is 5.91 Å². The molecule has 0 saturated carbocycles. The number of hydrogen-bond acceptors (Lipinski definition) is 4. The van der Waals surface area contributed by atoms with Crippen LogP contribution in [0.5, 0.6) is 5.75 Å². The minimum Gasteiger partial charge on any atom is -0.496 e. The van der Waals surface area contributed by atoms with Crippen LogP contribution in [0.3, 0.4) is 0 Å². The van der Waals surface area contributed by atoms with Gasteiger partial charge in [0.1, 0.15) is 11.8 Å². The number of carboxylic acid groups (broad SMARTS) is 1. The van der Waals surface area contributed by atoms with Gasteiger partial charge < -0.3 is 14.7 Å². The Morgan fingerprint density at radius 1 is 1.42 bits per heavy atom. The maximum Gasteiger partial charge on any atom is 0.327 e. The van der Waals surface area contributed by atoms with Crippen molar-refractivity contribution in [3.63, 3.8) is 0 Å². The number of carboxylic acids is 1. The topological polar surface area (TPSA) is 66.8 Å². The Kier molecular flexibility index (Phi) is 3.99. The van der Waals surface area contributed by atoms with E-state index in [0.717, 1.165) is 0 Å². The lowest BCUT2D eigenvalue weighted by Crippen LogP contribution is -2.44. The molecule has 1 aliphatic heterocycles. The predicted molar refractivity (Wildman–Crippen MR) is 72.5 cm³/mol. The molecule has 2 unspecified atom stereocenters. The summed E-state index contributed by atoms with van der Waals surface area (Å²) < 4.78 is 5.16. The van der Waals surface area contributed by atoms with Gasteiger partial charge in [-0.2, -0.15) is 0 Å². The van der Waals surface area contributed by atoms with Crippen LogP contribution in [0.2, 0.25) is 0 Å². The zero-order valence-electron chi connectivity index (χ0n) is 10.7. The van der Waals surface area contributed by atoms with Crippen molar-refractivity contribution in [1.82, 2.24) is 4.90 Å². The summed E-state index contributed by atoms with van der Waals surface area (Å²) in [6, 6.07) is 6.07. The Balaban J connectivity index is 2.34. The first kappa shape index (κ1) is 13.7. The van der Waals surface area contributed by atoms with Crippen LogP contribution in [0.1, 0.15) is 17.3 Å². The highest BCUT2D eigenvalue weighted by Crippen LogP contribution is 2.32. The van der Waals surface area contributed by atoms with Gasteiger partial charge in [-0.1, -0.05) is 12.1 Å². The second-order valence-electron chi connectivity index (χ2n) is 4.20. The van der Waals surface area contributed by atoms with Crippen LogP contribution >= 0.6 is 11.8 Å². The Labute approximate surface area is 115 Å². The molecule has 1 fully saturated rings. The lowest BCUT2D eigenvalue weighted by Gasteiger charge is -2.25. The first-order chi connectivity index (χ1) is 9.06. The monoisotopic (exact) mass is 281 g/mol. The minimum absolute atomic E-state index is 0.154. The van der Waals surface area contributed by atoms with Crippen molar-refractivity contribution in [3.8, 4) is 5.75 Å². The number of nitrogens with zero attached hydrogens (tertiary/aromatic N) is 1. The second kappa shape index (κ2) is 5.52. The van der Waals surface area contributed by atoms with Gasteiger partial charge in [-0.25, -0.2) is 4.79 Å². The Hall–Kier alpha value is -1.69. The van der Waals surface area contributed by atoms with E-state index in [1.54, 1.807) is 24.3 Å². The first-order valence-electron chi connectivity index (χ1n) is 5.86. The van der Waals surface area contributed by atoms with Gasteiger partial charge in [-0.15, -0.1) is 11.8 Å². The van der Waals surface area contributed by atoms with E-state index in [1.165, 1.54) is 23.8 Å².